The number of hydrogen-bond acceptors (Lipinski definition) is 5. The first kappa shape index (κ1) is 15.0. The molecule has 110 valence electrons. The van der Waals surface area contributed by atoms with Gasteiger partial charge in [-0.3, -0.25) is 4.79 Å². The highest BCUT2D eigenvalue weighted by Crippen LogP contribution is 2.18. The Morgan fingerprint density at radius 3 is 2.00 bits per heavy atom. The number of aromatic nitrogens is 4. The summed E-state index contributed by atoms with van der Waals surface area (Å²) >= 11 is 0. The lowest BCUT2D eigenvalue weighted by molar-refractivity contribution is -0.136. The molecule has 0 radical (unpaired) electrons. The predicted octanol–water partition coefficient (Wildman–Crippen LogP) is 1.99. The van der Waals surface area contributed by atoms with Crippen LogP contribution in [0, 0.1) is 6.92 Å². The molecule has 2 rings (SSSR count). The fraction of sp³-hybridized carbons (Fsp3) is 0.400. The van der Waals surface area contributed by atoms with Crippen LogP contribution < -0.4 is 0 Å². The quantitative estimate of drug-likeness (QED) is 0.904. The van der Waals surface area contributed by atoms with Crippen molar-refractivity contribution in [1.82, 2.24) is 19.9 Å². The monoisotopic (exact) mass is 286 g/mol. The molecule has 0 saturated carbocycles. The molecule has 0 unspecified atom stereocenters. The smallest absolute Gasteiger partial charge is 0.307 e. The van der Waals surface area contributed by atoms with E-state index in [1.54, 1.807) is 12.4 Å². The van der Waals surface area contributed by atoms with E-state index in [4.69, 9.17) is 5.11 Å². The van der Waals surface area contributed by atoms with E-state index in [1.165, 1.54) is 0 Å². The summed E-state index contributed by atoms with van der Waals surface area (Å²) in [5.74, 6) is 0.0482. The van der Waals surface area contributed by atoms with Gasteiger partial charge in [0.1, 0.15) is 0 Å². The lowest BCUT2D eigenvalue weighted by Gasteiger charge is -2.11. The predicted molar refractivity (Wildman–Crippen MR) is 77.9 cm³/mol. The first-order valence-corrected chi connectivity index (χ1v) is 6.94. The van der Waals surface area contributed by atoms with Crippen molar-refractivity contribution in [2.45, 2.75) is 40.0 Å². The second-order valence-corrected chi connectivity index (χ2v) is 4.78. The number of aryl methyl sites for hydroxylation is 3. The first-order chi connectivity index (χ1) is 10.0. The highest BCUT2D eigenvalue weighted by molar-refractivity contribution is 5.71. The number of nitrogens with zero attached hydrogens (tertiary/aromatic N) is 4. The molecule has 2 aromatic rings. The maximum atomic E-state index is 11.0. The van der Waals surface area contributed by atoms with Crippen LogP contribution in [0.4, 0.5) is 0 Å². The Morgan fingerprint density at radius 1 is 1.05 bits per heavy atom. The Kier molecular flexibility index (Phi) is 4.57. The van der Waals surface area contributed by atoms with Crippen molar-refractivity contribution in [3.63, 3.8) is 0 Å². The highest BCUT2D eigenvalue weighted by Gasteiger charge is 2.16. The Morgan fingerprint density at radius 2 is 1.57 bits per heavy atom. The topological polar surface area (TPSA) is 88.9 Å². The molecular weight excluding hydrogens is 268 g/mol. The molecule has 21 heavy (non-hydrogen) atoms. The van der Waals surface area contributed by atoms with Crippen molar-refractivity contribution in [3.8, 4) is 11.6 Å². The fourth-order valence-electron chi connectivity index (χ4n) is 2.13. The lowest BCUT2D eigenvalue weighted by Crippen LogP contribution is -2.12. The normalized spacial score (nSPS) is 10.6. The van der Waals surface area contributed by atoms with Gasteiger partial charge < -0.3 is 5.11 Å². The second kappa shape index (κ2) is 6.39. The van der Waals surface area contributed by atoms with Crippen LogP contribution in [0.15, 0.2) is 12.4 Å². The molecule has 0 spiro atoms. The molecule has 0 atom stereocenters. The van der Waals surface area contributed by atoms with Gasteiger partial charge in [-0.15, -0.1) is 0 Å². The Balaban J connectivity index is 2.54. The molecule has 0 saturated heterocycles. The zero-order chi connectivity index (χ0) is 15.4. The lowest BCUT2D eigenvalue weighted by atomic mass is 10.0. The van der Waals surface area contributed by atoms with Crippen molar-refractivity contribution < 1.29 is 9.90 Å². The van der Waals surface area contributed by atoms with E-state index in [1.807, 2.05) is 20.8 Å². The molecule has 6 heteroatoms. The molecule has 0 aliphatic heterocycles. The van der Waals surface area contributed by atoms with Crippen LogP contribution in [0.5, 0.6) is 0 Å². The number of carboxylic acids is 1. The third-order valence-corrected chi connectivity index (χ3v) is 3.16. The maximum Gasteiger partial charge on any atom is 0.307 e. The van der Waals surface area contributed by atoms with E-state index in [0.29, 0.717) is 30.1 Å². The highest BCUT2D eigenvalue weighted by atomic mass is 16.4. The van der Waals surface area contributed by atoms with Gasteiger partial charge >= 0.3 is 5.97 Å². The molecule has 0 aliphatic carbocycles. The Hall–Kier alpha value is -2.37. The summed E-state index contributed by atoms with van der Waals surface area (Å²) in [6.07, 6.45) is 4.68. The molecule has 0 amide bonds. The van der Waals surface area contributed by atoms with E-state index in [-0.39, 0.29) is 6.42 Å². The van der Waals surface area contributed by atoms with Gasteiger partial charge in [0.15, 0.2) is 11.6 Å². The van der Waals surface area contributed by atoms with Crippen molar-refractivity contribution >= 4 is 5.97 Å². The first-order valence-electron chi connectivity index (χ1n) is 6.94. The SMILES string of the molecule is CCc1nc(-c2ncc(C)cn2)nc(CC)c1CC(=O)O. The van der Waals surface area contributed by atoms with Crippen LogP contribution in [-0.4, -0.2) is 31.0 Å². The Bertz CT molecular complexity index is 628. The third-order valence-electron chi connectivity index (χ3n) is 3.16. The number of rotatable bonds is 5. The minimum absolute atomic E-state index is 0.0542. The number of carbonyl (C=O) groups is 1. The van der Waals surface area contributed by atoms with Gasteiger partial charge in [-0.25, -0.2) is 19.9 Å². The number of hydrogen-bond donors (Lipinski definition) is 1. The van der Waals surface area contributed by atoms with Crippen LogP contribution in [0.3, 0.4) is 0 Å². The van der Waals surface area contributed by atoms with Gasteiger partial charge in [-0.05, 0) is 25.3 Å². The second-order valence-electron chi connectivity index (χ2n) is 4.78. The molecule has 0 fully saturated rings. The summed E-state index contributed by atoms with van der Waals surface area (Å²) < 4.78 is 0. The van der Waals surface area contributed by atoms with E-state index < -0.39 is 5.97 Å². The van der Waals surface area contributed by atoms with Crippen LogP contribution in [0.1, 0.15) is 36.4 Å². The van der Waals surface area contributed by atoms with Gasteiger partial charge in [-0.2, -0.15) is 0 Å². The van der Waals surface area contributed by atoms with Crippen LogP contribution >= 0.6 is 0 Å². The van der Waals surface area contributed by atoms with Crippen LogP contribution in [0.25, 0.3) is 11.6 Å². The minimum Gasteiger partial charge on any atom is -0.481 e. The third kappa shape index (κ3) is 3.39. The molecule has 2 heterocycles. The molecule has 6 nitrogen and oxygen atoms in total. The van der Waals surface area contributed by atoms with Crippen LogP contribution in [-0.2, 0) is 24.1 Å². The zero-order valence-electron chi connectivity index (χ0n) is 12.4. The number of carboxylic acid groups (broad SMARTS) is 1. The van der Waals surface area contributed by atoms with E-state index in [2.05, 4.69) is 19.9 Å². The molecule has 0 aliphatic rings. The minimum atomic E-state index is -0.873. The van der Waals surface area contributed by atoms with Gasteiger partial charge in [0.25, 0.3) is 0 Å². The summed E-state index contributed by atoms with van der Waals surface area (Å²) in [5.41, 5.74) is 3.18. The average molecular weight is 286 g/mol. The summed E-state index contributed by atoms with van der Waals surface area (Å²) in [6, 6.07) is 0. The van der Waals surface area contributed by atoms with Crippen LogP contribution in [0.2, 0.25) is 0 Å². The van der Waals surface area contributed by atoms with Crippen molar-refractivity contribution in [2.75, 3.05) is 0 Å². The fourth-order valence-corrected chi connectivity index (χ4v) is 2.13. The van der Waals surface area contributed by atoms with E-state index in [9.17, 15) is 4.79 Å². The molecule has 0 bridgehead atoms. The average Bonchev–Trinajstić information content (AvgIpc) is 2.47. The summed E-state index contributed by atoms with van der Waals surface area (Å²) in [5, 5.41) is 9.04. The van der Waals surface area contributed by atoms with Gasteiger partial charge in [0.05, 0.1) is 6.42 Å². The molecule has 1 N–H and O–H groups in total. The maximum absolute atomic E-state index is 11.0. The van der Waals surface area contributed by atoms with Gasteiger partial charge in [0, 0.05) is 29.3 Å². The van der Waals surface area contributed by atoms with E-state index in [0.717, 1.165) is 17.0 Å². The van der Waals surface area contributed by atoms with Gasteiger partial charge in [-0.1, -0.05) is 13.8 Å². The summed E-state index contributed by atoms with van der Waals surface area (Å²) in [4.78, 5) is 28.4. The zero-order valence-corrected chi connectivity index (χ0v) is 12.4. The largest absolute Gasteiger partial charge is 0.481 e. The molecule has 0 aromatic carbocycles. The van der Waals surface area contributed by atoms with Crippen molar-refractivity contribution in [3.05, 3.63) is 34.9 Å². The van der Waals surface area contributed by atoms with Crippen molar-refractivity contribution in [2.24, 2.45) is 0 Å². The van der Waals surface area contributed by atoms with Gasteiger partial charge in [0.2, 0.25) is 0 Å². The van der Waals surface area contributed by atoms with Crippen molar-refractivity contribution in [1.29, 1.82) is 0 Å². The summed E-state index contributed by atoms with van der Waals surface area (Å²) in [6.45, 7) is 5.81. The molecular formula is C15H18N4O2. The number of aliphatic carboxylic acids is 1. The molecule has 2 aromatic heterocycles. The standard InChI is InChI=1S/C15H18N4O2/c1-4-11-10(6-13(20)21)12(5-2)19-15(18-11)14-16-7-9(3)8-17-14/h7-8H,4-6H2,1-3H3,(H,20,21). The summed E-state index contributed by atoms with van der Waals surface area (Å²) in [7, 11) is 0. The van der Waals surface area contributed by atoms with E-state index >= 15 is 0 Å². The Labute approximate surface area is 123 Å².